The predicted molar refractivity (Wildman–Crippen MR) is 81.3 cm³/mol. The van der Waals surface area contributed by atoms with Crippen LogP contribution in [0.15, 0.2) is 18.2 Å². The molecule has 1 saturated carbocycles. The summed E-state index contributed by atoms with van der Waals surface area (Å²) in [7, 11) is 3.99. The molecule has 0 unspecified atom stereocenters. The third-order valence-electron chi connectivity index (χ3n) is 4.42. The molecule has 0 radical (unpaired) electrons. The standard InChI is InChI=1S/C15H23N3O2/c1-11-5-4-6-14(18(19)20)15(11)17(3)13-9-7-12(16-2)8-10-13/h4-6,12-13,16H,7-10H2,1-3H3. The van der Waals surface area contributed by atoms with Crippen LogP contribution in [0.4, 0.5) is 11.4 Å². The minimum Gasteiger partial charge on any atom is -0.366 e. The lowest BCUT2D eigenvalue weighted by molar-refractivity contribution is -0.384. The summed E-state index contributed by atoms with van der Waals surface area (Å²) in [5.41, 5.74) is 1.95. The van der Waals surface area contributed by atoms with Crippen molar-refractivity contribution in [2.75, 3.05) is 19.0 Å². The predicted octanol–water partition coefficient (Wildman–Crippen LogP) is 2.87. The van der Waals surface area contributed by atoms with Crippen molar-refractivity contribution in [3.8, 4) is 0 Å². The molecule has 0 amide bonds. The van der Waals surface area contributed by atoms with Crippen LogP contribution in [-0.4, -0.2) is 31.1 Å². The van der Waals surface area contributed by atoms with E-state index >= 15 is 0 Å². The van der Waals surface area contributed by atoms with E-state index in [1.807, 2.05) is 27.1 Å². The van der Waals surface area contributed by atoms with Crippen molar-refractivity contribution in [1.82, 2.24) is 5.32 Å². The zero-order valence-corrected chi connectivity index (χ0v) is 12.4. The van der Waals surface area contributed by atoms with Crippen molar-refractivity contribution in [2.45, 2.75) is 44.7 Å². The first-order valence-electron chi connectivity index (χ1n) is 7.18. The van der Waals surface area contributed by atoms with Gasteiger partial charge in [-0.2, -0.15) is 0 Å². The maximum atomic E-state index is 11.2. The van der Waals surface area contributed by atoms with Crippen molar-refractivity contribution in [2.24, 2.45) is 0 Å². The first kappa shape index (κ1) is 14.8. The van der Waals surface area contributed by atoms with Crippen LogP contribution in [0.2, 0.25) is 0 Å². The summed E-state index contributed by atoms with van der Waals surface area (Å²) in [5.74, 6) is 0. The SMILES string of the molecule is CNC1CCC(N(C)c2c(C)cccc2[N+](=O)[O-])CC1. The van der Waals surface area contributed by atoms with Gasteiger partial charge in [0.15, 0.2) is 0 Å². The van der Waals surface area contributed by atoms with E-state index in [0.29, 0.717) is 12.1 Å². The van der Waals surface area contributed by atoms with Crippen LogP contribution in [-0.2, 0) is 0 Å². The van der Waals surface area contributed by atoms with Gasteiger partial charge in [-0.3, -0.25) is 10.1 Å². The number of nitro benzene ring substituents is 1. The summed E-state index contributed by atoms with van der Waals surface area (Å²) in [4.78, 5) is 13.1. The first-order valence-corrected chi connectivity index (χ1v) is 7.18. The summed E-state index contributed by atoms with van der Waals surface area (Å²) >= 11 is 0. The molecule has 110 valence electrons. The molecule has 1 aliphatic rings. The topological polar surface area (TPSA) is 58.4 Å². The molecule has 5 heteroatoms. The number of aryl methyl sites for hydroxylation is 1. The normalized spacial score (nSPS) is 22.6. The van der Waals surface area contributed by atoms with Gasteiger partial charge in [0, 0.05) is 25.2 Å². The van der Waals surface area contributed by atoms with Gasteiger partial charge in [-0.25, -0.2) is 0 Å². The van der Waals surface area contributed by atoms with Gasteiger partial charge in [-0.15, -0.1) is 0 Å². The Bertz CT molecular complexity index is 482. The molecule has 1 N–H and O–H groups in total. The highest BCUT2D eigenvalue weighted by Gasteiger charge is 2.27. The van der Waals surface area contributed by atoms with Gasteiger partial charge in [-0.1, -0.05) is 12.1 Å². The fourth-order valence-electron chi connectivity index (χ4n) is 3.18. The third kappa shape index (κ3) is 2.93. The van der Waals surface area contributed by atoms with Gasteiger partial charge in [0.05, 0.1) is 4.92 Å². The second kappa shape index (κ2) is 6.22. The number of rotatable bonds is 4. The lowest BCUT2D eigenvalue weighted by Gasteiger charge is -2.36. The Morgan fingerprint density at radius 1 is 1.30 bits per heavy atom. The molecule has 1 aromatic carbocycles. The third-order valence-corrected chi connectivity index (χ3v) is 4.42. The fourth-order valence-corrected chi connectivity index (χ4v) is 3.18. The molecule has 2 rings (SSSR count). The number of hydrogen-bond acceptors (Lipinski definition) is 4. The number of anilines is 1. The first-order chi connectivity index (χ1) is 9.54. The Labute approximate surface area is 120 Å². The minimum atomic E-state index is -0.280. The van der Waals surface area contributed by atoms with E-state index in [2.05, 4.69) is 10.2 Å². The quantitative estimate of drug-likeness (QED) is 0.679. The van der Waals surface area contributed by atoms with Gasteiger partial charge in [0.25, 0.3) is 5.69 Å². The van der Waals surface area contributed by atoms with E-state index in [-0.39, 0.29) is 10.6 Å². The summed E-state index contributed by atoms with van der Waals surface area (Å²) < 4.78 is 0. The molecule has 1 fully saturated rings. The molecule has 0 spiro atoms. The summed E-state index contributed by atoms with van der Waals surface area (Å²) in [5, 5.41) is 14.5. The van der Waals surface area contributed by atoms with Crippen LogP contribution >= 0.6 is 0 Å². The molecule has 0 aliphatic heterocycles. The smallest absolute Gasteiger partial charge is 0.292 e. The van der Waals surface area contributed by atoms with E-state index in [4.69, 9.17) is 0 Å². The van der Waals surface area contributed by atoms with Crippen LogP contribution in [0.3, 0.4) is 0 Å². The highest BCUT2D eigenvalue weighted by molar-refractivity contribution is 5.67. The van der Waals surface area contributed by atoms with Crippen LogP contribution < -0.4 is 10.2 Å². The molecule has 1 aromatic rings. The fraction of sp³-hybridized carbons (Fsp3) is 0.600. The lowest BCUT2D eigenvalue weighted by Crippen LogP contribution is -2.40. The second-order valence-electron chi connectivity index (χ2n) is 5.60. The number of benzene rings is 1. The van der Waals surface area contributed by atoms with Crippen LogP contribution in [0, 0.1) is 17.0 Å². The molecule has 0 aromatic heterocycles. The second-order valence-corrected chi connectivity index (χ2v) is 5.60. The van der Waals surface area contributed by atoms with E-state index < -0.39 is 0 Å². The molecule has 0 saturated heterocycles. The van der Waals surface area contributed by atoms with E-state index in [1.54, 1.807) is 12.1 Å². The summed E-state index contributed by atoms with van der Waals surface area (Å²) in [6.07, 6.45) is 4.41. The zero-order valence-electron chi connectivity index (χ0n) is 12.4. The van der Waals surface area contributed by atoms with Gasteiger partial charge in [0.1, 0.15) is 5.69 Å². The van der Waals surface area contributed by atoms with Crippen molar-refractivity contribution in [3.63, 3.8) is 0 Å². The molecule has 5 nitrogen and oxygen atoms in total. The van der Waals surface area contributed by atoms with Gasteiger partial charge < -0.3 is 10.2 Å². The Hall–Kier alpha value is -1.62. The number of nitrogens with one attached hydrogen (secondary N) is 1. The van der Waals surface area contributed by atoms with Crippen LogP contribution in [0.25, 0.3) is 0 Å². The zero-order chi connectivity index (χ0) is 14.7. The maximum Gasteiger partial charge on any atom is 0.292 e. The van der Waals surface area contributed by atoms with Crippen molar-refractivity contribution < 1.29 is 4.92 Å². The number of nitrogens with zero attached hydrogens (tertiary/aromatic N) is 2. The summed E-state index contributed by atoms with van der Waals surface area (Å²) in [6, 6.07) is 6.27. The van der Waals surface area contributed by atoms with E-state index in [0.717, 1.165) is 36.9 Å². The largest absolute Gasteiger partial charge is 0.366 e. The number of hydrogen-bond donors (Lipinski definition) is 1. The van der Waals surface area contributed by atoms with Crippen molar-refractivity contribution >= 4 is 11.4 Å². The van der Waals surface area contributed by atoms with Gasteiger partial charge in [-0.05, 0) is 45.2 Å². The minimum absolute atomic E-state index is 0.211. The highest BCUT2D eigenvalue weighted by Crippen LogP contribution is 2.35. The molecule has 0 atom stereocenters. The van der Waals surface area contributed by atoms with Crippen LogP contribution in [0.5, 0.6) is 0 Å². The van der Waals surface area contributed by atoms with Crippen molar-refractivity contribution in [3.05, 3.63) is 33.9 Å². The monoisotopic (exact) mass is 277 g/mol. The van der Waals surface area contributed by atoms with Gasteiger partial charge in [0.2, 0.25) is 0 Å². The number of nitro groups is 1. The lowest BCUT2D eigenvalue weighted by atomic mass is 9.90. The molecule has 0 heterocycles. The molecular formula is C15H23N3O2. The van der Waals surface area contributed by atoms with Crippen molar-refractivity contribution in [1.29, 1.82) is 0 Å². The maximum absolute atomic E-state index is 11.2. The molecule has 20 heavy (non-hydrogen) atoms. The van der Waals surface area contributed by atoms with Crippen LogP contribution in [0.1, 0.15) is 31.2 Å². The van der Waals surface area contributed by atoms with Gasteiger partial charge >= 0.3 is 0 Å². The Morgan fingerprint density at radius 2 is 1.95 bits per heavy atom. The highest BCUT2D eigenvalue weighted by atomic mass is 16.6. The molecule has 1 aliphatic carbocycles. The average Bonchev–Trinajstić information content (AvgIpc) is 2.46. The van der Waals surface area contributed by atoms with E-state index in [1.165, 1.54) is 0 Å². The number of para-hydroxylation sites is 1. The Morgan fingerprint density at radius 3 is 2.50 bits per heavy atom. The summed E-state index contributed by atoms with van der Waals surface area (Å²) in [6.45, 7) is 1.94. The Balaban J connectivity index is 2.21. The Kier molecular flexibility index (Phi) is 4.60. The molecule has 0 bridgehead atoms. The van der Waals surface area contributed by atoms with E-state index in [9.17, 15) is 10.1 Å². The molecular weight excluding hydrogens is 254 g/mol. The average molecular weight is 277 g/mol.